The van der Waals surface area contributed by atoms with Crippen molar-refractivity contribution in [3.05, 3.63) is 23.8 Å². The summed E-state index contributed by atoms with van der Waals surface area (Å²) >= 11 is 0. The predicted octanol–water partition coefficient (Wildman–Crippen LogP) is 2.74. The molecule has 0 spiro atoms. The lowest BCUT2D eigenvalue weighted by atomic mass is 9.89. The van der Waals surface area contributed by atoms with Crippen LogP contribution in [-0.2, 0) is 0 Å². The Hall–Kier alpha value is -1.89. The first-order chi connectivity index (χ1) is 10.4. The lowest BCUT2D eigenvalue weighted by Gasteiger charge is -2.37. The van der Waals surface area contributed by atoms with Crippen molar-refractivity contribution in [3.8, 4) is 5.75 Å². The summed E-state index contributed by atoms with van der Waals surface area (Å²) < 4.78 is 31.4. The summed E-state index contributed by atoms with van der Waals surface area (Å²) in [7, 11) is 1.31. The van der Waals surface area contributed by atoms with Gasteiger partial charge in [0.25, 0.3) is 0 Å². The number of ether oxygens (including phenoxy) is 1. The molecule has 0 unspecified atom stereocenters. The normalized spacial score (nSPS) is 17.2. The molecular weight excluding hydrogens is 294 g/mol. The van der Waals surface area contributed by atoms with Gasteiger partial charge in [-0.3, -0.25) is 0 Å². The zero-order chi connectivity index (χ0) is 16.3. The van der Waals surface area contributed by atoms with Gasteiger partial charge in [-0.05, 0) is 19.3 Å². The molecule has 1 aliphatic heterocycles. The van der Waals surface area contributed by atoms with Crippen molar-refractivity contribution in [1.29, 1.82) is 0 Å². The van der Waals surface area contributed by atoms with Crippen LogP contribution in [0.15, 0.2) is 12.1 Å². The number of aliphatic hydroxyl groups is 1. The minimum atomic E-state index is -1.06. The van der Waals surface area contributed by atoms with E-state index in [1.54, 1.807) is 0 Å². The van der Waals surface area contributed by atoms with Crippen molar-refractivity contribution < 1.29 is 23.4 Å². The van der Waals surface area contributed by atoms with E-state index >= 15 is 0 Å². The second kappa shape index (κ2) is 6.48. The SMILES string of the molecule is CCC1(O)CCN(C(=O)Nc2cc(F)c(F)cc2OC)CC1. The van der Waals surface area contributed by atoms with Crippen molar-refractivity contribution in [2.75, 3.05) is 25.5 Å². The quantitative estimate of drug-likeness (QED) is 0.902. The van der Waals surface area contributed by atoms with Crippen LogP contribution in [-0.4, -0.2) is 41.8 Å². The summed E-state index contributed by atoms with van der Waals surface area (Å²) in [6.07, 6.45) is 1.62. The molecule has 0 atom stereocenters. The maximum absolute atomic E-state index is 13.3. The van der Waals surface area contributed by atoms with Crippen molar-refractivity contribution in [3.63, 3.8) is 0 Å². The summed E-state index contributed by atoms with van der Waals surface area (Å²) in [4.78, 5) is 13.7. The molecule has 122 valence electrons. The zero-order valence-electron chi connectivity index (χ0n) is 12.7. The molecular formula is C15H20F2N2O3. The van der Waals surface area contributed by atoms with E-state index in [9.17, 15) is 18.7 Å². The molecule has 2 N–H and O–H groups in total. The van der Waals surface area contributed by atoms with Gasteiger partial charge in [0.05, 0.1) is 18.4 Å². The van der Waals surface area contributed by atoms with Gasteiger partial charge in [-0.2, -0.15) is 0 Å². The Balaban J connectivity index is 2.05. The Morgan fingerprint density at radius 1 is 1.36 bits per heavy atom. The number of nitrogens with zero attached hydrogens (tertiary/aromatic N) is 1. The lowest BCUT2D eigenvalue weighted by Crippen LogP contribution is -2.47. The number of carbonyl (C=O) groups excluding carboxylic acids is 1. The van der Waals surface area contributed by atoms with E-state index in [0.717, 1.165) is 12.1 Å². The molecule has 1 aromatic carbocycles. The average molecular weight is 314 g/mol. The van der Waals surface area contributed by atoms with Crippen LogP contribution in [0.25, 0.3) is 0 Å². The summed E-state index contributed by atoms with van der Waals surface area (Å²) in [5.41, 5.74) is -0.654. The summed E-state index contributed by atoms with van der Waals surface area (Å²) in [6, 6.07) is 1.34. The molecule has 1 heterocycles. The molecule has 1 saturated heterocycles. The molecule has 5 nitrogen and oxygen atoms in total. The van der Waals surface area contributed by atoms with Gasteiger partial charge >= 0.3 is 6.03 Å². The molecule has 7 heteroatoms. The molecule has 1 aliphatic rings. The smallest absolute Gasteiger partial charge is 0.321 e. The van der Waals surface area contributed by atoms with Gasteiger partial charge in [0.15, 0.2) is 11.6 Å². The van der Waals surface area contributed by atoms with Gasteiger partial charge in [-0.1, -0.05) is 6.92 Å². The number of hydrogen-bond acceptors (Lipinski definition) is 3. The highest BCUT2D eigenvalue weighted by atomic mass is 19.2. The summed E-state index contributed by atoms with van der Waals surface area (Å²) in [5, 5.41) is 12.7. The van der Waals surface area contributed by atoms with E-state index in [1.165, 1.54) is 12.0 Å². The molecule has 0 aromatic heterocycles. The van der Waals surface area contributed by atoms with E-state index < -0.39 is 23.3 Å². The number of urea groups is 1. The van der Waals surface area contributed by atoms with E-state index in [0.29, 0.717) is 32.4 Å². The second-order valence-electron chi connectivity index (χ2n) is 5.46. The highest BCUT2D eigenvalue weighted by Gasteiger charge is 2.32. The number of hydrogen-bond donors (Lipinski definition) is 2. The van der Waals surface area contributed by atoms with Crippen LogP contribution < -0.4 is 10.1 Å². The van der Waals surface area contributed by atoms with Gasteiger partial charge in [0, 0.05) is 25.2 Å². The first kappa shape index (κ1) is 16.5. The summed E-state index contributed by atoms with van der Waals surface area (Å²) in [6.45, 7) is 2.71. The fourth-order valence-corrected chi connectivity index (χ4v) is 2.47. The van der Waals surface area contributed by atoms with E-state index in [1.807, 2.05) is 6.92 Å². The molecule has 1 fully saturated rings. The number of anilines is 1. The van der Waals surface area contributed by atoms with E-state index in [-0.39, 0.29) is 11.4 Å². The summed E-state index contributed by atoms with van der Waals surface area (Å²) in [5.74, 6) is -2.05. The first-order valence-electron chi connectivity index (χ1n) is 7.20. The number of nitrogens with one attached hydrogen (secondary N) is 1. The van der Waals surface area contributed by atoms with Crippen molar-refractivity contribution in [2.24, 2.45) is 0 Å². The number of carbonyl (C=O) groups is 1. The van der Waals surface area contributed by atoms with Crippen LogP contribution in [0.3, 0.4) is 0 Å². The van der Waals surface area contributed by atoms with Crippen LogP contribution in [0, 0.1) is 11.6 Å². The lowest BCUT2D eigenvalue weighted by molar-refractivity contribution is -0.0139. The molecule has 22 heavy (non-hydrogen) atoms. The number of piperidine rings is 1. The number of amides is 2. The number of methoxy groups -OCH3 is 1. The Bertz CT molecular complexity index is 558. The van der Waals surface area contributed by atoms with Crippen molar-refractivity contribution in [1.82, 2.24) is 4.90 Å². The maximum atomic E-state index is 13.3. The molecule has 0 saturated carbocycles. The fourth-order valence-electron chi connectivity index (χ4n) is 2.47. The van der Waals surface area contributed by atoms with E-state index in [4.69, 9.17) is 4.74 Å². The Kier molecular flexibility index (Phi) is 4.85. The first-order valence-corrected chi connectivity index (χ1v) is 7.20. The Morgan fingerprint density at radius 3 is 2.50 bits per heavy atom. The number of benzene rings is 1. The zero-order valence-corrected chi connectivity index (χ0v) is 12.7. The van der Waals surface area contributed by atoms with Crippen LogP contribution in [0.4, 0.5) is 19.3 Å². The number of likely N-dealkylation sites (tertiary alicyclic amines) is 1. The molecule has 1 aromatic rings. The number of rotatable bonds is 3. The largest absolute Gasteiger partial charge is 0.494 e. The molecule has 0 bridgehead atoms. The Morgan fingerprint density at radius 2 is 1.95 bits per heavy atom. The third kappa shape index (κ3) is 3.47. The monoisotopic (exact) mass is 314 g/mol. The van der Waals surface area contributed by atoms with Gasteiger partial charge in [-0.15, -0.1) is 0 Å². The van der Waals surface area contributed by atoms with E-state index in [2.05, 4.69) is 5.32 Å². The van der Waals surface area contributed by atoms with Crippen LogP contribution >= 0.6 is 0 Å². The van der Waals surface area contributed by atoms with Gasteiger partial charge in [0.1, 0.15) is 5.75 Å². The number of halogens is 2. The fraction of sp³-hybridized carbons (Fsp3) is 0.533. The van der Waals surface area contributed by atoms with Gasteiger partial charge in [-0.25, -0.2) is 13.6 Å². The molecule has 2 amide bonds. The molecule has 2 rings (SSSR count). The third-order valence-corrected chi connectivity index (χ3v) is 4.12. The standard InChI is InChI=1S/C15H20F2N2O3/c1-3-15(21)4-6-19(7-5-15)14(20)18-12-8-10(16)11(17)9-13(12)22-2/h8-9,21H,3-7H2,1-2H3,(H,18,20). The van der Waals surface area contributed by atoms with Crippen molar-refractivity contribution in [2.45, 2.75) is 31.8 Å². The van der Waals surface area contributed by atoms with Crippen molar-refractivity contribution >= 4 is 11.7 Å². The highest BCUT2D eigenvalue weighted by Crippen LogP contribution is 2.29. The minimum Gasteiger partial charge on any atom is -0.494 e. The Labute approximate surface area is 127 Å². The highest BCUT2D eigenvalue weighted by molar-refractivity contribution is 5.91. The topological polar surface area (TPSA) is 61.8 Å². The van der Waals surface area contributed by atoms with Gasteiger partial charge < -0.3 is 20.1 Å². The van der Waals surface area contributed by atoms with Crippen LogP contribution in [0.5, 0.6) is 5.75 Å². The molecule has 0 radical (unpaired) electrons. The average Bonchev–Trinajstić information content (AvgIpc) is 2.51. The molecule has 0 aliphatic carbocycles. The van der Waals surface area contributed by atoms with Gasteiger partial charge in [0.2, 0.25) is 0 Å². The third-order valence-electron chi connectivity index (χ3n) is 4.12. The predicted molar refractivity (Wildman–Crippen MR) is 78.0 cm³/mol. The minimum absolute atomic E-state index is 0.0503. The van der Waals surface area contributed by atoms with Crippen LogP contribution in [0.2, 0.25) is 0 Å². The maximum Gasteiger partial charge on any atom is 0.321 e. The second-order valence-corrected chi connectivity index (χ2v) is 5.46. The van der Waals surface area contributed by atoms with Crippen LogP contribution in [0.1, 0.15) is 26.2 Å².